The quantitative estimate of drug-likeness (QED) is 0.760. The van der Waals surface area contributed by atoms with Crippen molar-refractivity contribution in [2.45, 2.75) is 25.8 Å². The molecule has 0 saturated heterocycles. The second-order valence-electron chi connectivity index (χ2n) is 7.20. The summed E-state index contributed by atoms with van der Waals surface area (Å²) in [6.45, 7) is 0.934. The molecule has 0 unspecified atom stereocenters. The molecule has 130 valence electrons. The number of carbonyl (C=O) groups is 1. The Morgan fingerprint density at radius 2 is 2.08 bits per heavy atom. The van der Waals surface area contributed by atoms with Crippen LogP contribution < -0.4 is 10.9 Å². The summed E-state index contributed by atoms with van der Waals surface area (Å²) in [5.41, 5.74) is 3.89. The Bertz CT molecular complexity index is 1030. The number of H-pyrrole nitrogens is 1. The fourth-order valence-electron chi connectivity index (χ4n) is 3.57. The standard InChI is InChI=1S/C19H17N5O2/c25-17-5-4-15(21-22-17)12-2-1-3-13(8-12)20-18(26)16-9-14-10-19(6-7-19)11-24(14)23-16/h1-5,8-9H,6-7,10-11H2,(H,20,26)(H,22,25). The molecule has 2 N–H and O–H groups in total. The zero-order valence-electron chi connectivity index (χ0n) is 14.0. The number of aromatic nitrogens is 4. The van der Waals surface area contributed by atoms with Crippen LogP contribution in [0.1, 0.15) is 29.0 Å². The van der Waals surface area contributed by atoms with Crippen molar-refractivity contribution < 1.29 is 4.79 Å². The highest BCUT2D eigenvalue weighted by Crippen LogP contribution is 2.53. The number of benzene rings is 1. The molecule has 1 aliphatic heterocycles. The maximum atomic E-state index is 12.5. The van der Waals surface area contributed by atoms with E-state index in [1.807, 2.05) is 35.0 Å². The monoisotopic (exact) mass is 347 g/mol. The molecule has 2 aliphatic rings. The van der Waals surface area contributed by atoms with E-state index in [0.29, 0.717) is 22.5 Å². The average molecular weight is 347 g/mol. The van der Waals surface area contributed by atoms with Gasteiger partial charge in [0.15, 0.2) is 5.69 Å². The van der Waals surface area contributed by atoms with Crippen LogP contribution in [0.5, 0.6) is 0 Å². The SMILES string of the molecule is O=C(Nc1cccc(-c2ccc(=O)[nH]n2)c1)c1cc2n(n1)CC1(CC1)C2. The van der Waals surface area contributed by atoms with Crippen molar-refractivity contribution in [3.05, 3.63) is 64.2 Å². The van der Waals surface area contributed by atoms with Crippen LogP contribution in [0.3, 0.4) is 0 Å². The number of rotatable bonds is 3. The Morgan fingerprint density at radius 1 is 1.19 bits per heavy atom. The average Bonchev–Trinajstić information content (AvgIpc) is 3.13. The topological polar surface area (TPSA) is 92.7 Å². The highest BCUT2D eigenvalue weighted by atomic mass is 16.2. The van der Waals surface area contributed by atoms with Crippen LogP contribution in [-0.2, 0) is 13.0 Å². The summed E-state index contributed by atoms with van der Waals surface area (Å²) in [7, 11) is 0. The summed E-state index contributed by atoms with van der Waals surface area (Å²) in [5.74, 6) is -0.219. The molecule has 0 atom stereocenters. The third-order valence-electron chi connectivity index (χ3n) is 5.19. The summed E-state index contributed by atoms with van der Waals surface area (Å²) in [4.78, 5) is 23.7. The Hall–Kier alpha value is -3.22. The molecular formula is C19H17N5O2. The molecule has 2 aromatic heterocycles. The second-order valence-corrected chi connectivity index (χ2v) is 7.20. The zero-order valence-corrected chi connectivity index (χ0v) is 14.0. The number of nitrogens with one attached hydrogen (secondary N) is 2. The number of hydrogen-bond donors (Lipinski definition) is 2. The number of anilines is 1. The highest BCUT2D eigenvalue weighted by molar-refractivity contribution is 6.03. The predicted octanol–water partition coefficient (Wildman–Crippen LogP) is 2.22. The molecule has 0 radical (unpaired) electrons. The molecule has 26 heavy (non-hydrogen) atoms. The van der Waals surface area contributed by atoms with E-state index in [0.717, 1.165) is 24.2 Å². The minimum atomic E-state index is -0.251. The molecule has 1 saturated carbocycles. The van der Waals surface area contributed by atoms with E-state index in [4.69, 9.17) is 0 Å². The number of nitrogens with zero attached hydrogens (tertiary/aromatic N) is 3. The van der Waals surface area contributed by atoms with Gasteiger partial charge in [0.1, 0.15) is 0 Å². The molecule has 5 rings (SSSR count). The Labute approximate surface area is 149 Å². The van der Waals surface area contributed by atoms with Crippen molar-refractivity contribution in [1.82, 2.24) is 20.0 Å². The zero-order chi connectivity index (χ0) is 17.7. The van der Waals surface area contributed by atoms with Crippen LogP contribution >= 0.6 is 0 Å². The molecule has 1 amide bonds. The van der Waals surface area contributed by atoms with Gasteiger partial charge in [-0.3, -0.25) is 14.3 Å². The lowest BCUT2D eigenvalue weighted by Gasteiger charge is -2.06. The summed E-state index contributed by atoms with van der Waals surface area (Å²) >= 11 is 0. The number of aromatic amines is 1. The Kier molecular flexibility index (Phi) is 3.12. The highest BCUT2D eigenvalue weighted by Gasteiger charge is 2.48. The molecule has 1 aromatic carbocycles. The van der Waals surface area contributed by atoms with Gasteiger partial charge >= 0.3 is 0 Å². The molecule has 1 spiro atoms. The smallest absolute Gasteiger partial charge is 0.276 e. The predicted molar refractivity (Wildman–Crippen MR) is 95.8 cm³/mol. The largest absolute Gasteiger partial charge is 0.321 e. The molecule has 1 aliphatic carbocycles. The normalized spacial score (nSPS) is 16.5. The number of carbonyl (C=O) groups excluding carboxylic acids is 1. The number of amides is 1. The van der Waals surface area contributed by atoms with Crippen LogP contribution in [0.2, 0.25) is 0 Å². The first-order chi connectivity index (χ1) is 12.6. The van der Waals surface area contributed by atoms with Gasteiger partial charge in [0.05, 0.1) is 5.69 Å². The van der Waals surface area contributed by atoms with Crippen LogP contribution in [0.4, 0.5) is 5.69 Å². The van der Waals surface area contributed by atoms with Crippen molar-refractivity contribution in [3.63, 3.8) is 0 Å². The maximum absolute atomic E-state index is 12.5. The Balaban J connectivity index is 1.35. The van der Waals surface area contributed by atoms with E-state index in [2.05, 4.69) is 20.6 Å². The molecule has 3 heterocycles. The fourth-order valence-corrected chi connectivity index (χ4v) is 3.57. The van der Waals surface area contributed by atoms with Crippen molar-refractivity contribution in [2.75, 3.05) is 5.32 Å². The van der Waals surface area contributed by atoms with E-state index in [9.17, 15) is 9.59 Å². The first kappa shape index (κ1) is 15.1. The molecular weight excluding hydrogens is 330 g/mol. The summed E-state index contributed by atoms with van der Waals surface area (Å²) in [6, 6.07) is 12.3. The van der Waals surface area contributed by atoms with Gasteiger partial charge in [-0.2, -0.15) is 10.2 Å². The first-order valence-electron chi connectivity index (χ1n) is 8.65. The van der Waals surface area contributed by atoms with Gasteiger partial charge in [-0.15, -0.1) is 0 Å². The van der Waals surface area contributed by atoms with E-state index in [-0.39, 0.29) is 11.5 Å². The van der Waals surface area contributed by atoms with Crippen LogP contribution in [0.25, 0.3) is 11.3 Å². The minimum Gasteiger partial charge on any atom is -0.321 e. The van der Waals surface area contributed by atoms with Crippen molar-refractivity contribution in [2.24, 2.45) is 5.41 Å². The second kappa shape index (κ2) is 5.39. The lowest BCUT2D eigenvalue weighted by atomic mass is 10.0. The molecule has 3 aromatic rings. The van der Waals surface area contributed by atoms with Crippen LogP contribution in [-0.4, -0.2) is 25.9 Å². The summed E-state index contributed by atoms with van der Waals surface area (Å²) in [6.07, 6.45) is 3.56. The van der Waals surface area contributed by atoms with Gasteiger partial charge in [-0.05, 0) is 48.9 Å². The van der Waals surface area contributed by atoms with Crippen LogP contribution in [0, 0.1) is 5.41 Å². The van der Waals surface area contributed by atoms with Gasteiger partial charge < -0.3 is 5.32 Å². The third kappa shape index (κ3) is 2.61. The van der Waals surface area contributed by atoms with Gasteiger partial charge in [-0.1, -0.05) is 12.1 Å². The Morgan fingerprint density at radius 3 is 2.81 bits per heavy atom. The van der Waals surface area contributed by atoms with E-state index < -0.39 is 0 Å². The fraction of sp³-hybridized carbons (Fsp3) is 0.263. The van der Waals surface area contributed by atoms with E-state index in [1.54, 1.807) is 6.07 Å². The van der Waals surface area contributed by atoms with Crippen molar-refractivity contribution in [1.29, 1.82) is 0 Å². The lowest BCUT2D eigenvalue weighted by molar-refractivity contribution is 0.102. The first-order valence-corrected chi connectivity index (χ1v) is 8.65. The minimum absolute atomic E-state index is 0.219. The summed E-state index contributed by atoms with van der Waals surface area (Å²) in [5, 5.41) is 13.8. The molecule has 0 bridgehead atoms. The number of hydrogen-bond acceptors (Lipinski definition) is 4. The summed E-state index contributed by atoms with van der Waals surface area (Å²) < 4.78 is 1.97. The third-order valence-corrected chi connectivity index (χ3v) is 5.19. The molecule has 7 heteroatoms. The van der Waals surface area contributed by atoms with Gasteiger partial charge in [-0.25, -0.2) is 5.10 Å². The van der Waals surface area contributed by atoms with Gasteiger partial charge in [0.25, 0.3) is 11.5 Å². The van der Waals surface area contributed by atoms with Crippen LogP contribution in [0.15, 0.2) is 47.3 Å². The lowest BCUT2D eigenvalue weighted by Crippen LogP contribution is -2.14. The van der Waals surface area contributed by atoms with E-state index >= 15 is 0 Å². The van der Waals surface area contributed by atoms with E-state index in [1.165, 1.54) is 18.9 Å². The number of fused-ring (bicyclic) bond motifs is 1. The van der Waals surface area contributed by atoms with Gasteiger partial charge in [0.2, 0.25) is 0 Å². The van der Waals surface area contributed by atoms with Crippen molar-refractivity contribution in [3.8, 4) is 11.3 Å². The maximum Gasteiger partial charge on any atom is 0.276 e. The van der Waals surface area contributed by atoms with Crippen molar-refractivity contribution >= 4 is 11.6 Å². The van der Waals surface area contributed by atoms with Gasteiger partial charge in [0, 0.05) is 29.6 Å². The molecule has 1 fully saturated rings. The molecule has 7 nitrogen and oxygen atoms in total.